The Morgan fingerprint density at radius 2 is 2.11 bits per heavy atom. The Kier molecular flexibility index (Phi) is 8.94. The van der Waals surface area contributed by atoms with Gasteiger partial charge in [0.2, 0.25) is 0 Å². The first-order chi connectivity index (χ1) is 12.8. The van der Waals surface area contributed by atoms with Gasteiger partial charge in [0.05, 0.1) is 0 Å². The van der Waals surface area contributed by atoms with Gasteiger partial charge in [-0.15, -0.1) is 0 Å². The van der Waals surface area contributed by atoms with Crippen LogP contribution in [-0.2, 0) is 4.74 Å². The van der Waals surface area contributed by atoms with E-state index in [9.17, 15) is 13.2 Å². The molecule has 4 N–H and O–H groups in total. The third-order valence-corrected chi connectivity index (χ3v) is 7.68. The molecule has 1 fully saturated rings. The molecule has 1 aliphatic rings. The Hall–Kier alpha value is -0.740. The summed E-state index contributed by atoms with van der Waals surface area (Å²) < 4.78 is 53.2. The van der Waals surface area contributed by atoms with Crippen molar-refractivity contribution in [2.24, 2.45) is 11.7 Å². The van der Waals surface area contributed by atoms with Crippen molar-refractivity contribution in [3.8, 4) is 5.75 Å². The van der Waals surface area contributed by atoms with Crippen molar-refractivity contribution in [2.75, 3.05) is 16.8 Å². The van der Waals surface area contributed by atoms with E-state index in [0.29, 0.717) is 17.9 Å². The normalized spacial score (nSPS) is 23.3. The fourth-order valence-corrected chi connectivity index (χ4v) is 6.51. The van der Waals surface area contributed by atoms with Crippen LogP contribution in [0.5, 0.6) is 5.75 Å². The van der Waals surface area contributed by atoms with E-state index in [2.05, 4.69) is 0 Å². The van der Waals surface area contributed by atoms with Crippen LogP contribution >= 0.6 is 0 Å². The molecule has 0 aromatic heterocycles. The van der Waals surface area contributed by atoms with Crippen molar-refractivity contribution >= 4 is 5.69 Å². The molecule has 1 aromatic rings. The first-order valence-electron chi connectivity index (χ1n) is 9.31. The molecule has 27 heavy (non-hydrogen) atoms. The fourth-order valence-electron chi connectivity index (χ4n) is 3.02. The number of rotatable bonds is 9. The summed E-state index contributed by atoms with van der Waals surface area (Å²) in [5.41, 5.74) is 12.2. The van der Waals surface area contributed by atoms with Crippen LogP contribution in [0.2, 0.25) is 0 Å². The molecule has 0 bridgehead atoms. The van der Waals surface area contributed by atoms with Crippen molar-refractivity contribution in [1.29, 1.82) is 0 Å². The number of alkyl halides is 5. The monoisotopic (exact) mass is 501 g/mol. The van der Waals surface area contributed by atoms with Crippen LogP contribution in [0.15, 0.2) is 24.3 Å². The Morgan fingerprint density at radius 1 is 1.33 bits per heavy atom. The van der Waals surface area contributed by atoms with Gasteiger partial charge in [0.25, 0.3) is 0 Å². The summed E-state index contributed by atoms with van der Waals surface area (Å²) in [4.78, 5) is 0. The average molecular weight is 501 g/mol. The molecule has 1 aliphatic heterocycles. The van der Waals surface area contributed by atoms with Gasteiger partial charge >= 0.3 is 169 Å². The van der Waals surface area contributed by atoms with E-state index in [1.807, 2.05) is 6.92 Å². The van der Waals surface area contributed by atoms with Crippen LogP contribution in [0.4, 0.5) is 18.9 Å². The van der Waals surface area contributed by atoms with Crippen molar-refractivity contribution in [3.05, 3.63) is 24.3 Å². The molecule has 8 heteroatoms. The molecule has 0 spiro atoms. The van der Waals surface area contributed by atoms with Gasteiger partial charge in [-0.2, -0.15) is 0 Å². The van der Waals surface area contributed by atoms with Gasteiger partial charge in [-0.05, 0) is 0 Å². The summed E-state index contributed by atoms with van der Waals surface area (Å²) in [6, 6.07) is 6.83. The zero-order chi connectivity index (χ0) is 19.9. The number of benzene rings is 1. The SMILES string of the molecule is CCC(CC(CCOc1cccc(N)c1)C(F)(F)F)OC1CC(N)CC[I-]1. The second-order valence-corrected chi connectivity index (χ2v) is 10.2. The standard InChI is InChI=1S/C19H29F3IN2O2/c1-2-16(27-18-12-15(25)6-8-23-18)10-13(19(20,21)22)7-9-26-17-5-3-4-14(24)11-17/h3-5,11,13,15-16,18H,2,6-10,12,24-25H2,1H3/q-1. The molecule has 0 amide bonds. The van der Waals surface area contributed by atoms with Gasteiger partial charge in [0, 0.05) is 0 Å². The second-order valence-electron chi connectivity index (χ2n) is 6.89. The van der Waals surface area contributed by atoms with Gasteiger partial charge in [0.1, 0.15) is 0 Å². The average Bonchev–Trinajstić information content (AvgIpc) is 2.59. The maximum atomic E-state index is 13.5. The van der Waals surface area contributed by atoms with E-state index in [1.165, 1.54) is 0 Å². The van der Waals surface area contributed by atoms with Crippen molar-refractivity contribution in [1.82, 2.24) is 0 Å². The van der Waals surface area contributed by atoms with E-state index < -0.39 is 12.1 Å². The Morgan fingerprint density at radius 3 is 2.74 bits per heavy atom. The van der Waals surface area contributed by atoms with Gasteiger partial charge in [-0.1, -0.05) is 0 Å². The van der Waals surface area contributed by atoms with E-state index >= 15 is 0 Å². The first kappa shape index (κ1) is 22.5. The molecule has 2 rings (SSSR count). The maximum absolute atomic E-state index is 13.5. The summed E-state index contributed by atoms with van der Waals surface area (Å²) in [5.74, 6) is -0.959. The zero-order valence-electron chi connectivity index (χ0n) is 15.6. The van der Waals surface area contributed by atoms with Crippen molar-refractivity contribution in [2.45, 2.75) is 61.5 Å². The molecule has 1 aromatic carbocycles. The number of halogens is 4. The number of nitrogen functional groups attached to an aromatic ring is 1. The molecule has 1 heterocycles. The predicted octanol–water partition coefficient (Wildman–Crippen LogP) is 0.938. The molecule has 4 unspecified atom stereocenters. The Labute approximate surface area is 169 Å². The molecule has 156 valence electrons. The summed E-state index contributed by atoms with van der Waals surface area (Å²) in [5, 5.41) is 0. The van der Waals surface area contributed by atoms with Gasteiger partial charge in [-0.3, -0.25) is 0 Å². The summed E-state index contributed by atoms with van der Waals surface area (Å²) >= 11 is -0.138. The predicted molar refractivity (Wildman–Crippen MR) is 96.2 cm³/mol. The van der Waals surface area contributed by atoms with Crippen molar-refractivity contribution < 1.29 is 43.9 Å². The van der Waals surface area contributed by atoms with Gasteiger partial charge < -0.3 is 0 Å². The van der Waals surface area contributed by atoms with Gasteiger partial charge in [-0.25, -0.2) is 0 Å². The Balaban J connectivity index is 1.88. The van der Waals surface area contributed by atoms with Gasteiger partial charge in [0.15, 0.2) is 0 Å². The van der Waals surface area contributed by atoms with Crippen molar-refractivity contribution in [3.63, 3.8) is 0 Å². The van der Waals surface area contributed by atoms with E-state index in [0.717, 1.165) is 17.3 Å². The number of anilines is 1. The Bertz CT molecular complexity index is 574. The number of hydrogen-bond acceptors (Lipinski definition) is 4. The molecule has 0 aliphatic carbocycles. The molecule has 1 saturated heterocycles. The summed E-state index contributed by atoms with van der Waals surface area (Å²) in [6.07, 6.45) is -2.44. The minimum atomic E-state index is -4.27. The summed E-state index contributed by atoms with van der Waals surface area (Å²) in [6.45, 7) is 1.87. The van der Waals surface area contributed by atoms with Crippen LogP contribution in [0.3, 0.4) is 0 Å². The minimum absolute atomic E-state index is 0.00863. The zero-order valence-corrected chi connectivity index (χ0v) is 17.7. The number of ether oxygens (including phenoxy) is 2. The molecule has 4 nitrogen and oxygen atoms in total. The number of nitrogens with two attached hydrogens (primary N) is 2. The van der Waals surface area contributed by atoms with Crippen LogP contribution in [0.25, 0.3) is 0 Å². The van der Waals surface area contributed by atoms with Crippen LogP contribution in [-0.4, -0.2) is 33.5 Å². The first-order valence-corrected chi connectivity index (χ1v) is 12.1. The molecular weight excluding hydrogens is 472 g/mol. The summed E-state index contributed by atoms with van der Waals surface area (Å²) in [7, 11) is 0. The second kappa shape index (κ2) is 10.7. The molecular formula is C19H29F3IN2O2-. The molecule has 4 atom stereocenters. The van der Waals surface area contributed by atoms with Crippen LogP contribution in [0.1, 0.15) is 39.0 Å². The topological polar surface area (TPSA) is 70.5 Å². The van der Waals surface area contributed by atoms with E-state index in [4.69, 9.17) is 20.9 Å². The van der Waals surface area contributed by atoms with Crippen LogP contribution in [0, 0.1) is 5.92 Å². The quantitative estimate of drug-likeness (QED) is 0.300. The van der Waals surface area contributed by atoms with Crippen LogP contribution < -0.4 is 37.4 Å². The molecule has 0 radical (unpaired) electrons. The molecule has 0 saturated carbocycles. The van der Waals surface area contributed by atoms with E-state index in [-0.39, 0.29) is 56.9 Å². The fraction of sp³-hybridized carbons (Fsp3) is 0.684. The third kappa shape index (κ3) is 8.03. The third-order valence-electron chi connectivity index (χ3n) is 4.65. The van der Waals surface area contributed by atoms with E-state index in [1.54, 1.807) is 24.3 Å². The number of hydrogen-bond donors (Lipinski definition) is 2.